The Kier molecular flexibility index (Phi) is 8.65. The van der Waals surface area contributed by atoms with Crippen molar-refractivity contribution in [3.8, 4) is 22.3 Å². The lowest BCUT2D eigenvalue weighted by Crippen LogP contribution is -2.46. The number of carbonyl (C=O) groups excluding carboxylic acids is 3. The van der Waals surface area contributed by atoms with Crippen LogP contribution in [0.5, 0.6) is 0 Å². The first-order valence-corrected chi connectivity index (χ1v) is 15.7. The number of benzene rings is 4. The Labute approximate surface area is 265 Å². The Morgan fingerprint density at radius 2 is 1.62 bits per heavy atom. The quantitative estimate of drug-likeness (QED) is 0.180. The van der Waals surface area contributed by atoms with Gasteiger partial charge in [-0.05, 0) is 65.6 Å². The summed E-state index contributed by atoms with van der Waals surface area (Å²) < 4.78 is 0. The number of nitrogens with two attached hydrogens (primary N) is 1. The molecule has 1 aliphatic carbocycles. The minimum Gasteiger partial charge on any atom is -0.369 e. The number of rotatable bonds is 11. The molecule has 6 rings (SSSR count). The lowest BCUT2D eigenvalue weighted by molar-refractivity contribution is -0.135. The second kappa shape index (κ2) is 12.9. The van der Waals surface area contributed by atoms with E-state index in [4.69, 9.17) is 5.73 Å². The monoisotopic (exact) mass is 597 g/mol. The van der Waals surface area contributed by atoms with E-state index < -0.39 is 23.8 Å². The summed E-state index contributed by atoms with van der Waals surface area (Å²) in [7, 11) is 0. The van der Waals surface area contributed by atoms with Crippen LogP contribution in [-0.4, -0.2) is 17.7 Å². The van der Waals surface area contributed by atoms with Crippen LogP contribution in [0.3, 0.4) is 0 Å². The third-order valence-corrected chi connectivity index (χ3v) is 9.10. The van der Waals surface area contributed by atoms with Gasteiger partial charge in [0.05, 0.1) is 24.1 Å². The van der Waals surface area contributed by atoms with Crippen LogP contribution < -0.4 is 16.0 Å². The summed E-state index contributed by atoms with van der Waals surface area (Å²) in [4.78, 5) is 43.1. The van der Waals surface area contributed by atoms with E-state index in [1.54, 1.807) is 11.0 Å². The highest BCUT2D eigenvalue weighted by Gasteiger charge is 2.40. The zero-order valence-electron chi connectivity index (χ0n) is 25.6. The van der Waals surface area contributed by atoms with Crippen LogP contribution in [0.2, 0.25) is 0 Å². The van der Waals surface area contributed by atoms with Crippen molar-refractivity contribution in [2.24, 2.45) is 23.5 Å². The van der Waals surface area contributed by atoms with E-state index in [0.29, 0.717) is 25.3 Å². The number of para-hydroxylation sites is 1. The molecule has 3 atom stereocenters. The number of carbonyl (C=O) groups is 3. The van der Waals surface area contributed by atoms with Gasteiger partial charge in [0.25, 0.3) is 5.91 Å². The van der Waals surface area contributed by atoms with E-state index in [1.807, 2.05) is 60.7 Å². The largest absolute Gasteiger partial charge is 0.369 e. The van der Waals surface area contributed by atoms with Crippen molar-refractivity contribution in [2.75, 3.05) is 4.90 Å². The summed E-state index contributed by atoms with van der Waals surface area (Å²) in [5.41, 5.74) is 13.5. The molecule has 0 spiro atoms. The van der Waals surface area contributed by atoms with Gasteiger partial charge in [-0.25, -0.2) is 0 Å². The molecular weight excluding hydrogens is 558 g/mol. The van der Waals surface area contributed by atoms with Gasteiger partial charge < -0.3 is 16.0 Å². The van der Waals surface area contributed by atoms with Gasteiger partial charge in [0.1, 0.15) is 6.04 Å². The predicted molar refractivity (Wildman–Crippen MR) is 179 cm³/mol. The molecular formula is C39H39N3O3. The molecule has 0 bridgehead atoms. The molecule has 3 unspecified atom stereocenters. The van der Waals surface area contributed by atoms with Crippen LogP contribution >= 0.6 is 0 Å². The SMILES string of the molecule is C=CCC(C(N)=O)C(CC1CC1)C(=O)NC1C(=O)N(Cc2cccc(-c3ccc(C)cc3)c2)c2ccccc2-c2ccccc21. The summed E-state index contributed by atoms with van der Waals surface area (Å²) in [6.07, 6.45) is 4.56. The molecule has 3 N–H and O–H groups in total. The maximum atomic E-state index is 14.7. The van der Waals surface area contributed by atoms with Gasteiger partial charge in [-0.3, -0.25) is 14.4 Å². The highest BCUT2D eigenvalue weighted by molar-refractivity contribution is 6.06. The number of hydrogen-bond donors (Lipinski definition) is 2. The second-order valence-electron chi connectivity index (χ2n) is 12.4. The van der Waals surface area contributed by atoms with E-state index >= 15 is 0 Å². The zero-order valence-corrected chi connectivity index (χ0v) is 25.6. The Bertz CT molecular complexity index is 1740. The van der Waals surface area contributed by atoms with Gasteiger partial charge in [-0.2, -0.15) is 0 Å². The van der Waals surface area contributed by atoms with Crippen molar-refractivity contribution in [2.45, 2.75) is 45.2 Å². The maximum Gasteiger partial charge on any atom is 0.254 e. The van der Waals surface area contributed by atoms with Gasteiger partial charge in [0, 0.05) is 5.56 Å². The van der Waals surface area contributed by atoms with E-state index in [0.717, 1.165) is 51.9 Å². The number of fused-ring (bicyclic) bond motifs is 3. The number of primary amides is 1. The van der Waals surface area contributed by atoms with Crippen LogP contribution in [0, 0.1) is 24.7 Å². The number of allylic oxidation sites excluding steroid dienone is 1. The highest BCUT2D eigenvalue weighted by Crippen LogP contribution is 2.42. The fourth-order valence-electron chi connectivity index (χ4n) is 6.49. The minimum atomic E-state index is -0.944. The number of hydrogen-bond acceptors (Lipinski definition) is 3. The topological polar surface area (TPSA) is 92.5 Å². The van der Waals surface area contributed by atoms with Gasteiger partial charge in [-0.1, -0.05) is 109 Å². The van der Waals surface area contributed by atoms with Crippen LogP contribution in [-0.2, 0) is 20.9 Å². The summed E-state index contributed by atoms with van der Waals surface area (Å²) >= 11 is 0. The van der Waals surface area contributed by atoms with Crippen molar-refractivity contribution >= 4 is 23.4 Å². The van der Waals surface area contributed by atoms with E-state index in [2.05, 4.69) is 55.2 Å². The lowest BCUT2D eigenvalue weighted by atomic mass is 9.83. The van der Waals surface area contributed by atoms with Crippen molar-refractivity contribution in [3.05, 3.63) is 126 Å². The van der Waals surface area contributed by atoms with E-state index in [1.165, 1.54) is 5.56 Å². The van der Waals surface area contributed by atoms with Gasteiger partial charge >= 0.3 is 0 Å². The molecule has 4 aromatic carbocycles. The number of anilines is 1. The second-order valence-corrected chi connectivity index (χ2v) is 12.4. The number of nitrogens with zero attached hydrogens (tertiary/aromatic N) is 1. The number of nitrogens with one attached hydrogen (secondary N) is 1. The van der Waals surface area contributed by atoms with Crippen molar-refractivity contribution in [1.29, 1.82) is 0 Å². The summed E-state index contributed by atoms with van der Waals surface area (Å²) in [5.74, 6) is -2.02. The maximum absolute atomic E-state index is 14.7. The average molecular weight is 598 g/mol. The van der Waals surface area contributed by atoms with Crippen molar-refractivity contribution < 1.29 is 14.4 Å². The molecule has 0 saturated heterocycles. The Balaban J connectivity index is 1.38. The van der Waals surface area contributed by atoms with Gasteiger partial charge in [0.2, 0.25) is 11.8 Å². The zero-order chi connectivity index (χ0) is 31.5. The molecule has 3 amide bonds. The molecule has 0 aromatic heterocycles. The lowest BCUT2D eigenvalue weighted by Gasteiger charge is -2.29. The molecule has 1 fully saturated rings. The predicted octanol–water partition coefficient (Wildman–Crippen LogP) is 7.13. The normalized spacial score (nSPS) is 17.0. The average Bonchev–Trinajstić information content (AvgIpc) is 3.89. The minimum absolute atomic E-state index is 0.231. The molecule has 1 saturated carbocycles. The molecule has 1 aliphatic heterocycles. The summed E-state index contributed by atoms with van der Waals surface area (Å²) in [5, 5.41) is 3.11. The Hall–Kier alpha value is -4.97. The van der Waals surface area contributed by atoms with Gasteiger partial charge in [-0.15, -0.1) is 6.58 Å². The molecule has 2 aliphatic rings. The Morgan fingerprint density at radius 1 is 0.911 bits per heavy atom. The van der Waals surface area contributed by atoms with E-state index in [-0.39, 0.29) is 11.8 Å². The van der Waals surface area contributed by atoms with Crippen LogP contribution in [0.25, 0.3) is 22.3 Å². The smallest absolute Gasteiger partial charge is 0.254 e. The van der Waals surface area contributed by atoms with Crippen LogP contribution in [0.4, 0.5) is 5.69 Å². The summed E-state index contributed by atoms with van der Waals surface area (Å²) in [6.45, 7) is 6.18. The Morgan fingerprint density at radius 3 is 2.33 bits per heavy atom. The third-order valence-electron chi connectivity index (χ3n) is 9.10. The number of aryl methyl sites for hydroxylation is 1. The van der Waals surface area contributed by atoms with Crippen molar-refractivity contribution in [1.82, 2.24) is 5.32 Å². The molecule has 4 aromatic rings. The first-order valence-electron chi connectivity index (χ1n) is 15.7. The molecule has 228 valence electrons. The first-order chi connectivity index (χ1) is 21.8. The van der Waals surface area contributed by atoms with Crippen molar-refractivity contribution in [3.63, 3.8) is 0 Å². The highest BCUT2D eigenvalue weighted by atomic mass is 16.2. The van der Waals surface area contributed by atoms with E-state index in [9.17, 15) is 14.4 Å². The summed E-state index contributed by atoms with van der Waals surface area (Å²) in [6, 6.07) is 31.3. The molecule has 45 heavy (non-hydrogen) atoms. The molecule has 6 heteroatoms. The standard InChI is InChI=1S/C39H39N3O3/c1-3-9-33(37(40)43)34(23-26-18-19-26)38(44)41-36-32-14-5-4-12-30(32)31-13-6-7-15-35(31)42(39(36)45)24-27-10-8-11-29(22-27)28-20-16-25(2)17-21-28/h3-8,10-17,20-22,26,33-34,36H,1,9,18-19,23-24H2,2H3,(H2,40,43)(H,41,44). The third kappa shape index (κ3) is 6.46. The fraction of sp³-hybridized carbons (Fsp3) is 0.256. The molecule has 0 radical (unpaired) electrons. The molecule has 6 nitrogen and oxygen atoms in total. The van der Waals surface area contributed by atoms with Crippen LogP contribution in [0.1, 0.15) is 48.4 Å². The number of amides is 3. The first kappa shape index (κ1) is 30.1. The van der Waals surface area contributed by atoms with Crippen LogP contribution in [0.15, 0.2) is 110 Å². The molecule has 1 heterocycles. The van der Waals surface area contributed by atoms with Gasteiger partial charge in [0.15, 0.2) is 0 Å². The fourth-order valence-corrected chi connectivity index (χ4v) is 6.49.